The molecule has 3 rings (SSSR count). The first-order valence-electron chi connectivity index (χ1n) is 8.06. The first kappa shape index (κ1) is 16.5. The molecule has 1 heterocycles. The van der Waals surface area contributed by atoms with Crippen LogP contribution in [0.15, 0.2) is 48.5 Å². The molecule has 1 amide bonds. The van der Waals surface area contributed by atoms with Gasteiger partial charge in [0, 0.05) is 16.7 Å². The quantitative estimate of drug-likeness (QED) is 0.747. The van der Waals surface area contributed by atoms with Crippen molar-refractivity contribution in [3.8, 4) is 0 Å². The van der Waals surface area contributed by atoms with Gasteiger partial charge in [0.05, 0.1) is 5.56 Å². The summed E-state index contributed by atoms with van der Waals surface area (Å²) in [6.07, 6.45) is 2.59. The Morgan fingerprint density at radius 1 is 1.00 bits per heavy atom. The van der Waals surface area contributed by atoms with Gasteiger partial charge in [-0.2, -0.15) is 0 Å². The van der Waals surface area contributed by atoms with Crippen LogP contribution >= 0.6 is 22.6 Å². The van der Waals surface area contributed by atoms with Crippen molar-refractivity contribution in [1.29, 1.82) is 0 Å². The summed E-state index contributed by atoms with van der Waals surface area (Å²) in [6, 6.07) is 16.1. The van der Waals surface area contributed by atoms with Crippen LogP contribution in [0.25, 0.3) is 0 Å². The van der Waals surface area contributed by atoms with Crippen molar-refractivity contribution >= 4 is 28.5 Å². The number of amides is 1. The van der Waals surface area contributed by atoms with Gasteiger partial charge >= 0.3 is 0 Å². The number of nitrogens with zero attached hydrogens (tertiary/aromatic N) is 1. The summed E-state index contributed by atoms with van der Waals surface area (Å²) in [6.45, 7) is 3.93. The number of carbonyl (C=O) groups is 1. The Kier molecular flexibility index (Phi) is 5.67. The van der Waals surface area contributed by atoms with Crippen LogP contribution in [0.2, 0.25) is 0 Å². The van der Waals surface area contributed by atoms with E-state index in [-0.39, 0.29) is 5.91 Å². The van der Waals surface area contributed by atoms with Crippen LogP contribution in [-0.4, -0.2) is 23.9 Å². The second-order valence-electron chi connectivity index (χ2n) is 5.91. The standard InChI is InChI=1S/C19H21IN2O/c20-18-10-4-3-9-17(18)19(23)21-13-15-7-1-2-8-16(15)14-22-11-5-6-12-22/h1-4,7-10H,5-6,11-14H2,(H,21,23). The SMILES string of the molecule is O=C(NCc1ccccc1CN1CCCC1)c1ccccc1I. The number of benzene rings is 2. The molecule has 1 aliphatic rings. The van der Waals surface area contributed by atoms with Crippen molar-refractivity contribution in [3.63, 3.8) is 0 Å². The van der Waals surface area contributed by atoms with E-state index in [4.69, 9.17) is 0 Å². The maximum atomic E-state index is 12.4. The lowest BCUT2D eigenvalue weighted by molar-refractivity contribution is 0.0950. The maximum Gasteiger partial charge on any atom is 0.252 e. The molecule has 0 spiro atoms. The second kappa shape index (κ2) is 7.93. The van der Waals surface area contributed by atoms with Gasteiger partial charge in [-0.15, -0.1) is 0 Å². The molecular weight excluding hydrogens is 399 g/mol. The second-order valence-corrected chi connectivity index (χ2v) is 7.08. The fraction of sp³-hybridized carbons (Fsp3) is 0.316. The first-order valence-corrected chi connectivity index (χ1v) is 9.14. The highest BCUT2D eigenvalue weighted by molar-refractivity contribution is 14.1. The Balaban J connectivity index is 1.66. The van der Waals surface area contributed by atoms with Crippen LogP contribution in [0.1, 0.15) is 34.3 Å². The largest absolute Gasteiger partial charge is 0.348 e. The third kappa shape index (κ3) is 4.32. The molecule has 2 aromatic rings. The molecule has 1 aliphatic heterocycles. The predicted octanol–water partition coefficient (Wildman–Crippen LogP) is 3.82. The molecule has 0 radical (unpaired) electrons. The van der Waals surface area contributed by atoms with E-state index in [0.29, 0.717) is 6.54 Å². The fourth-order valence-corrected chi connectivity index (χ4v) is 3.61. The van der Waals surface area contributed by atoms with Crippen molar-refractivity contribution in [2.24, 2.45) is 0 Å². The molecule has 3 nitrogen and oxygen atoms in total. The van der Waals surface area contributed by atoms with Crippen molar-refractivity contribution in [2.75, 3.05) is 13.1 Å². The van der Waals surface area contributed by atoms with Crippen LogP contribution in [0, 0.1) is 3.57 Å². The van der Waals surface area contributed by atoms with Crippen LogP contribution in [0.5, 0.6) is 0 Å². The molecule has 0 unspecified atom stereocenters. The van der Waals surface area contributed by atoms with E-state index in [2.05, 4.69) is 51.0 Å². The molecule has 0 aromatic heterocycles. The van der Waals surface area contributed by atoms with Gasteiger partial charge in [-0.25, -0.2) is 0 Å². The molecule has 4 heteroatoms. The zero-order chi connectivity index (χ0) is 16.1. The van der Waals surface area contributed by atoms with Gasteiger partial charge in [0.25, 0.3) is 5.91 Å². The summed E-state index contributed by atoms with van der Waals surface area (Å²) in [5.41, 5.74) is 3.27. The highest BCUT2D eigenvalue weighted by Gasteiger charge is 2.14. The molecule has 0 saturated carbocycles. The van der Waals surface area contributed by atoms with Crippen molar-refractivity contribution < 1.29 is 4.79 Å². The number of hydrogen-bond donors (Lipinski definition) is 1. The van der Waals surface area contributed by atoms with E-state index in [1.807, 2.05) is 30.3 Å². The molecule has 2 aromatic carbocycles. The van der Waals surface area contributed by atoms with E-state index in [1.54, 1.807) is 0 Å². The zero-order valence-electron chi connectivity index (χ0n) is 13.1. The van der Waals surface area contributed by atoms with Gasteiger partial charge in [-0.3, -0.25) is 9.69 Å². The molecule has 23 heavy (non-hydrogen) atoms. The lowest BCUT2D eigenvalue weighted by Crippen LogP contribution is -2.25. The third-order valence-electron chi connectivity index (χ3n) is 4.27. The van der Waals surface area contributed by atoms with E-state index in [0.717, 1.165) is 15.7 Å². The topological polar surface area (TPSA) is 32.3 Å². The number of hydrogen-bond acceptors (Lipinski definition) is 2. The lowest BCUT2D eigenvalue weighted by Gasteiger charge is -2.17. The first-order chi connectivity index (χ1) is 11.2. The van der Waals surface area contributed by atoms with Gasteiger partial charge in [0.15, 0.2) is 0 Å². The Morgan fingerprint density at radius 3 is 2.39 bits per heavy atom. The molecule has 1 N–H and O–H groups in total. The van der Waals surface area contributed by atoms with Crippen LogP contribution < -0.4 is 5.32 Å². The average Bonchev–Trinajstić information content (AvgIpc) is 3.07. The van der Waals surface area contributed by atoms with Crippen LogP contribution in [0.3, 0.4) is 0 Å². The molecule has 0 aliphatic carbocycles. The van der Waals surface area contributed by atoms with E-state index in [1.165, 1.54) is 37.1 Å². The predicted molar refractivity (Wildman–Crippen MR) is 101 cm³/mol. The highest BCUT2D eigenvalue weighted by Crippen LogP contribution is 2.17. The van der Waals surface area contributed by atoms with E-state index < -0.39 is 0 Å². The highest BCUT2D eigenvalue weighted by atomic mass is 127. The maximum absolute atomic E-state index is 12.4. The monoisotopic (exact) mass is 420 g/mol. The summed E-state index contributed by atoms with van der Waals surface area (Å²) < 4.78 is 0.980. The Bertz CT molecular complexity index is 681. The number of halogens is 1. The summed E-state index contributed by atoms with van der Waals surface area (Å²) in [5.74, 6) is -0.00836. The molecule has 1 saturated heterocycles. The fourth-order valence-electron chi connectivity index (χ4n) is 2.98. The molecule has 0 bridgehead atoms. The number of carbonyl (C=O) groups excluding carboxylic acids is 1. The van der Waals surface area contributed by atoms with Crippen molar-refractivity contribution in [1.82, 2.24) is 10.2 Å². The van der Waals surface area contributed by atoms with Gasteiger partial charge in [-0.1, -0.05) is 36.4 Å². The summed E-state index contributed by atoms with van der Waals surface area (Å²) in [5, 5.41) is 3.06. The Labute approximate surface area is 151 Å². The van der Waals surface area contributed by atoms with Gasteiger partial charge in [0.2, 0.25) is 0 Å². The molecule has 120 valence electrons. The zero-order valence-corrected chi connectivity index (χ0v) is 15.3. The van der Waals surface area contributed by atoms with Crippen LogP contribution in [0.4, 0.5) is 0 Å². The van der Waals surface area contributed by atoms with E-state index in [9.17, 15) is 4.79 Å². The van der Waals surface area contributed by atoms with Crippen molar-refractivity contribution in [3.05, 3.63) is 68.8 Å². The van der Waals surface area contributed by atoms with Crippen molar-refractivity contribution in [2.45, 2.75) is 25.9 Å². The van der Waals surface area contributed by atoms with Gasteiger partial charge < -0.3 is 5.32 Å². The summed E-state index contributed by atoms with van der Waals surface area (Å²) >= 11 is 2.20. The molecule has 0 atom stereocenters. The average molecular weight is 420 g/mol. The number of rotatable bonds is 5. The van der Waals surface area contributed by atoms with Crippen LogP contribution in [-0.2, 0) is 13.1 Å². The number of nitrogens with one attached hydrogen (secondary N) is 1. The Morgan fingerprint density at radius 2 is 1.65 bits per heavy atom. The minimum absolute atomic E-state index is 0.00836. The lowest BCUT2D eigenvalue weighted by atomic mass is 10.1. The Hall–Kier alpha value is -1.40. The normalized spacial score (nSPS) is 14.8. The summed E-state index contributed by atoms with van der Waals surface area (Å²) in [4.78, 5) is 14.9. The minimum Gasteiger partial charge on any atom is -0.348 e. The third-order valence-corrected chi connectivity index (χ3v) is 5.21. The van der Waals surface area contributed by atoms with E-state index >= 15 is 0 Å². The summed E-state index contributed by atoms with van der Waals surface area (Å²) in [7, 11) is 0. The van der Waals surface area contributed by atoms with Gasteiger partial charge in [0.1, 0.15) is 0 Å². The number of likely N-dealkylation sites (tertiary alicyclic amines) is 1. The minimum atomic E-state index is -0.00836. The smallest absolute Gasteiger partial charge is 0.252 e. The molecule has 1 fully saturated rings. The van der Waals surface area contributed by atoms with Gasteiger partial charge in [-0.05, 0) is 71.8 Å². The molecular formula is C19H21IN2O.